The number of carbonyl (C=O) groups excluding carboxylic acids is 1. The highest BCUT2D eigenvalue weighted by Crippen LogP contribution is 2.31. The second-order valence-electron chi connectivity index (χ2n) is 8.04. The number of carbonyl (C=O) groups is 2. The standard InChI is InChI=1S/C25H32N2O5/c1-31-22-9-5-19(6-10-22)25(20-7-11-23(32-2)12-8-20)27-16-14-26(15-17-27)13-3-4-21(28)18-24(29)30/h5-12,25H,3-4,13-18H2,1-2H3,(H,29,30). The lowest BCUT2D eigenvalue weighted by molar-refractivity contribution is -0.140. The highest BCUT2D eigenvalue weighted by atomic mass is 16.5. The summed E-state index contributed by atoms with van der Waals surface area (Å²) in [6.07, 6.45) is 0.651. The Hall–Kier alpha value is -2.90. The van der Waals surface area contributed by atoms with Gasteiger partial charge < -0.3 is 19.5 Å². The molecule has 0 amide bonds. The maximum Gasteiger partial charge on any atom is 0.310 e. The van der Waals surface area contributed by atoms with Gasteiger partial charge in [0, 0.05) is 32.6 Å². The zero-order valence-corrected chi connectivity index (χ0v) is 18.8. The first-order valence-corrected chi connectivity index (χ1v) is 11.0. The van der Waals surface area contributed by atoms with E-state index in [1.165, 1.54) is 11.1 Å². The van der Waals surface area contributed by atoms with E-state index in [0.717, 1.165) is 44.2 Å². The molecule has 1 heterocycles. The van der Waals surface area contributed by atoms with Crippen LogP contribution in [0.25, 0.3) is 0 Å². The zero-order valence-electron chi connectivity index (χ0n) is 18.8. The number of methoxy groups -OCH3 is 2. The molecule has 0 spiro atoms. The topological polar surface area (TPSA) is 79.3 Å². The van der Waals surface area contributed by atoms with Gasteiger partial charge in [-0.05, 0) is 48.4 Å². The Morgan fingerprint density at radius 1 is 0.875 bits per heavy atom. The molecule has 0 aliphatic carbocycles. The van der Waals surface area contributed by atoms with Crippen LogP contribution in [0.15, 0.2) is 48.5 Å². The van der Waals surface area contributed by atoms with Crippen LogP contribution in [-0.2, 0) is 9.59 Å². The number of hydrogen-bond donors (Lipinski definition) is 1. The number of ketones is 1. The van der Waals surface area contributed by atoms with Crippen molar-refractivity contribution < 1.29 is 24.2 Å². The molecule has 3 rings (SSSR count). The van der Waals surface area contributed by atoms with Crippen LogP contribution in [0.2, 0.25) is 0 Å². The molecular weight excluding hydrogens is 408 g/mol. The molecule has 0 aromatic heterocycles. The molecule has 0 unspecified atom stereocenters. The Bertz CT molecular complexity index is 827. The molecule has 1 saturated heterocycles. The van der Waals surface area contributed by atoms with Crippen molar-refractivity contribution in [1.29, 1.82) is 0 Å². The maximum atomic E-state index is 11.6. The molecule has 0 saturated carbocycles. The van der Waals surface area contributed by atoms with E-state index in [1.54, 1.807) is 14.2 Å². The molecule has 172 valence electrons. The van der Waals surface area contributed by atoms with E-state index in [2.05, 4.69) is 34.1 Å². The van der Waals surface area contributed by atoms with Gasteiger partial charge in [-0.25, -0.2) is 0 Å². The van der Waals surface area contributed by atoms with Gasteiger partial charge in [-0.15, -0.1) is 0 Å². The molecule has 1 N–H and O–H groups in total. The van der Waals surface area contributed by atoms with Gasteiger partial charge in [-0.3, -0.25) is 14.5 Å². The second-order valence-corrected chi connectivity index (χ2v) is 8.04. The zero-order chi connectivity index (χ0) is 22.9. The molecule has 0 bridgehead atoms. The van der Waals surface area contributed by atoms with E-state index in [-0.39, 0.29) is 18.2 Å². The van der Waals surface area contributed by atoms with Crippen molar-refractivity contribution >= 4 is 11.8 Å². The molecule has 0 radical (unpaired) electrons. The highest BCUT2D eigenvalue weighted by Gasteiger charge is 2.26. The summed E-state index contributed by atoms with van der Waals surface area (Å²) in [6, 6.07) is 16.6. The summed E-state index contributed by atoms with van der Waals surface area (Å²) in [4.78, 5) is 27.1. The Morgan fingerprint density at radius 2 is 1.38 bits per heavy atom. The number of rotatable bonds is 11. The number of carboxylic acid groups (broad SMARTS) is 1. The van der Waals surface area contributed by atoms with Gasteiger partial charge in [0.1, 0.15) is 23.7 Å². The SMILES string of the molecule is COc1ccc(C(c2ccc(OC)cc2)N2CCN(CCCC(=O)CC(=O)O)CC2)cc1. The summed E-state index contributed by atoms with van der Waals surface area (Å²) >= 11 is 0. The number of aliphatic carboxylic acids is 1. The van der Waals surface area contributed by atoms with Gasteiger partial charge in [-0.1, -0.05) is 24.3 Å². The minimum Gasteiger partial charge on any atom is -0.497 e. The van der Waals surface area contributed by atoms with Gasteiger partial charge in [0.2, 0.25) is 0 Å². The first kappa shape index (κ1) is 23.8. The Labute approximate surface area is 189 Å². The van der Waals surface area contributed by atoms with E-state index >= 15 is 0 Å². The number of benzene rings is 2. The van der Waals surface area contributed by atoms with E-state index in [0.29, 0.717) is 12.8 Å². The van der Waals surface area contributed by atoms with Crippen molar-refractivity contribution in [1.82, 2.24) is 9.80 Å². The quantitative estimate of drug-likeness (QED) is 0.538. The van der Waals surface area contributed by atoms with Crippen LogP contribution in [-0.4, -0.2) is 73.6 Å². The molecule has 0 atom stereocenters. The molecule has 7 heteroatoms. The van der Waals surface area contributed by atoms with Crippen LogP contribution in [0.3, 0.4) is 0 Å². The maximum absolute atomic E-state index is 11.6. The normalized spacial score (nSPS) is 15.0. The van der Waals surface area contributed by atoms with E-state index < -0.39 is 5.97 Å². The third-order valence-corrected chi connectivity index (χ3v) is 5.91. The van der Waals surface area contributed by atoms with Gasteiger partial charge >= 0.3 is 5.97 Å². The summed E-state index contributed by atoms with van der Waals surface area (Å²) in [5.74, 6) is 0.427. The van der Waals surface area contributed by atoms with Gasteiger partial charge in [0.25, 0.3) is 0 Å². The van der Waals surface area contributed by atoms with Crippen molar-refractivity contribution in [3.8, 4) is 11.5 Å². The largest absolute Gasteiger partial charge is 0.497 e. The van der Waals surface area contributed by atoms with E-state index in [1.807, 2.05) is 24.3 Å². The Balaban J connectivity index is 1.64. The average molecular weight is 441 g/mol. The molecule has 1 fully saturated rings. The molecule has 1 aliphatic heterocycles. The lowest BCUT2D eigenvalue weighted by Gasteiger charge is -2.40. The average Bonchev–Trinajstić information content (AvgIpc) is 2.81. The molecular formula is C25H32N2O5. The molecule has 1 aliphatic rings. The number of ether oxygens (including phenoxy) is 2. The second kappa shape index (κ2) is 11.6. The number of piperazine rings is 1. The molecule has 2 aromatic carbocycles. The summed E-state index contributed by atoms with van der Waals surface area (Å²) < 4.78 is 10.7. The fourth-order valence-corrected chi connectivity index (χ4v) is 4.19. The van der Waals surface area contributed by atoms with Crippen molar-refractivity contribution in [2.75, 3.05) is 46.9 Å². The number of hydrogen-bond acceptors (Lipinski definition) is 6. The van der Waals surface area contributed by atoms with Crippen molar-refractivity contribution in [3.63, 3.8) is 0 Å². The molecule has 7 nitrogen and oxygen atoms in total. The lowest BCUT2D eigenvalue weighted by Crippen LogP contribution is -2.48. The first-order chi connectivity index (χ1) is 15.5. The third kappa shape index (κ3) is 6.55. The van der Waals surface area contributed by atoms with Crippen LogP contribution in [0.1, 0.15) is 36.4 Å². The molecule has 2 aromatic rings. The fourth-order valence-electron chi connectivity index (χ4n) is 4.19. The van der Waals surface area contributed by atoms with Crippen LogP contribution < -0.4 is 9.47 Å². The highest BCUT2D eigenvalue weighted by molar-refractivity contribution is 5.94. The van der Waals surface area contributed by atoms with Crippen LogP contribution in [0, 0.1) is 0 Å². The molecule has 32 heavy (non-hydrogen) atoms. The lowest BCUT2D eigenvalue weighted by atomic mass is 9.96. The van der Waals surface area contributed by atoms with Gasteiger partial charge in [-0.2, -0.15) is 0 Å². The summed E-state index contributed by atoms with van der Waals surface area (Å²) in [7, 11) is 3.34. The van der Waals surface area contributed by atoms with Crippen LogP contribution in [0.5, 0.6) is 11.5 Å². The monoisotopic (exact) mass is 440 g/mol. The Morgan fingerprint density at radius 3 is 1.81 bits per heavy atom. The van der Waals surface area contributed by atoms with Gasteiger partial charge in [0.15, 0.2) is 0 Å². The van der Waals surface area contributed by atoms with Crippen molar-refractivity contribution in [2.24, 2.45) is 0 Å². The minimum absolute atomic E-state index is 0.131. The van der Waals surface area contributed by atoms with Crippen LogP contribution in [0.4, 0.5) is 0 Å². The summed E-state index contributed by atoms with van der Waals surface area (Å²) in [5.41, 5.74) is 2.42. The van der Waals surface area contributed by atoms with E-state index in [4.69, 9.17) is 14.6 Å². The van der Waals surface area contributed by atoms with Crippen molar-refractivity contribution in [3.05, 3.63) is 59.7 Å². The smallest absolute Gasteiger partial charge is 0.310 e. The number of Topliss-reactive ketones (excluding diaryl/α,β-unsaturated/α-hetero) is 1. The summed E-state index contributed by atoms with van der Waals surface area (Å²) in [6.45, 7) is 4.46. The van der Waals surface area contributed by atoms with Crippen LogP contribution >= 0.6 is 0 Å². The van der Waals surface area contributed by atoms with Gasteiger partial charge in [0.05, 0.1) is 20.3 Å². The third-order valence-electron chi connectivity index (χ3n) is 5.91. The fraction of sp³-hybridized carbons (Fsp3) is 0.440. The minimum atomic E-state index is -1.05. The first-order valence-electron chi connectivity index (χ1n) is 11.0. The summed E-state index contributed by atoms with van der Waals surface area (Å²) in [5, 5.41) is 8.71. The predicted octanol–water partition coefficient (Wildman–Crippen LogP) is 3.23. The predicted molar refractivity (Wildman–Crippen MR) is 122 cm³/mol. The number of carboxylic acids is 1. The van der Waals surface area contributed by atoms with E-state index in [9.17, 15) is 9.59 Å². The number of nitrogens with zero attached hydrogens (tertiary/aromatic N) is 2. The van der Waals surface area contributed by atoms with Crippen molar-refractivity contribution in [2.45, 2.75) is 25.3 Å². The Kier molecular flexibility index (Phi) is 8.64.